The van der Waals surface area contributed by atoms with Crippen molar-refractivity contribution in [3.05, 3.63) is 73.6 Å². The molecule has 0 unspecified atom stereocenters. The maximum Gasteiger partial charge on any atom is 0.349 e. The van der Waals surface area contributed by atoms with Crippen LogP contribution in [0.5, 0.6) is 40.2 Å². The van der Waals surface area contributed by atoms with Gasteiger partial charge in [0.2, 0.25) is 0 Å². The minimum atomic E-state index is -0.845. The number of aromatic hydroxyl groups is 2. The van der Waals surface area contributed by atoms with Crippen LogP contribution in [0.4, 0.5) is 0 Å². The second kappa shape index (κ2) is 15.1. The number of ether oxygens (including phenoxy) is 6. The number of carbonyl (C=O) groups excluding carboxylic acids is 1. The SMILES string of the molecule is COCCOc1ccc2cc(C(=O)NC[C@H]3c4c(O)c(OC)c(C)c(OC)c4C[C@H]4[C@H]5c6c(O)c(OC)c(C)c(OC)c6C[C@@H]([C@H](C#N)N34)N5C)c(=O)oc2c1. The molecular formula is C41H46N4O11. The molecule has 1 aromatic heterocycles. The van der Waals surface area contributed by atoms with E-state index in [-0.39, 0.29) is 41.0 Å². The molecule has 0 aliphatic carbocycles. The van der Waals surface area contributed by atoms with E-state index in [1.54, 1.807) is 39.3 Å². The van der Waals surface area contributed by atoms with Crippen molar-refractivity contribution in [2.75, 3.05) is 62.4 Å². The first kappa shape index (κ1) is 38.6. The zero-order valence-electron chi connectivity index (χ0n) is 32.6. The van der Waals surface area contributed by atoms with Gasteiger partial charge in [-0.25, -0.2) is 4.79 Å². The van der Waals surface area contributed by atoms with Crippen molar-refractivity contribution in [3.63, 3.8) is 0 Å². The van der Waals surface area contributed by atoms with Crippen LogP contribution in [-0.2, 0) is 17.6 Å². The van der Waals surface area contributed by atoms with Crippen LogP contribution in [0.2, 0.25) is 0 Å². The van der Waals surface area contributed by atoms with Crippen molar-refractivity contribution in [1.29, 1.82) is 5.26 Å². The van der Waals surface area contributed by atoms with Crippen molar-refractivity contribution < 1.29 is 47.8 Å². The quantitative estimate of drug-likeness (QED) is 0.146. The Hall–Kier alpha value is -5.69. The topological polar surface area (TPSA) is 185 Å². The summed E-state index contributed by atoms with van der Waals surface area (Å²) >= 11 is 0. The summed E-state index contributed by atoms with van der Waals surface area (Å²) in [6, 6.07) is 6.02. The van der Waals surface area contributed by atoms with Gasteiger partial charge in [0.05, 0.1) is 53.2 Å². The van der Waals surface area contributed by atoms with Crippen LogP contribution in [0.25, 0.3) is 11.0 Å². The number of fused-ring (bicyclic) bond motifs is 8. The van der Waals surface area contributed by atoms with Gasteiger partial charge in [-0.15, -0.1) is 0 Å². The second-order valence-electron chi connectivity index (χ2n) is 14.3. The lowest BCUT2D eigenvalue weighted by Crippen LogP contribution is -2.68. The molecule has 3 aliphatic heterocycles. The lowest BCUT2D eigenvalue weighted by molar-refractivity contribution is -0.0724. The number of piperazine rings is 1. The molecular weight excluding hydrogens is 724 g/mol. The highest BCUT2D eigenvalue weighted by Crippen LogP contribution is 2.58. The molecule has 3 aliphatic rings. The van der Waals surface area contributed by atoms with E-state index in [4.69, 9.17) is 32.8 Å². The third-order valence-corrected chi connectivity index (χ3v) is 11.6. The molecule has 3 N–H and O–H groups in total. The maximum absolute atomic E-state index is 14.0. The molecule has 56 heavy (non-hydrogen) atoms. The number of hydrogen-bond donors (Lipinski definition) is 3. The van der Waals surface area contributed by atoms with Gasteiger partial charge in [0.15, 0.2) is 23.0 Å². The van der Waals surface area contributed by atoms with Crippen LogP contribution in [-0.4, -0.2) is 106 Å². The predicted molar refractivity (Wildman–Crippen MR) is 204 cm³/mol. The van der Waals surface area contributed by atoms with Crippen LogP contribution in [0.1, 0.15) is 55.8 Å². The average molecular weight is 771 g/mol. The van der Waals surface area contributed by atoms with Crippen LogP contribution in [0.3, 0.4) is 0 Å². The highest BCUT2D eigenvalue weighted by Gasteiger charge is 2.57. The molecule has 296 valence electrons. The molecule has 4 aromatic rings. The number of amides is 1. The average Bonchev–Trinajstić information content (AvgIpc) is 3.17. The van der Waals surface area contributed by atoms with Crippen molar-refractivity contribution >= 4 is 16.9 Å². The standard InChI is InChI=1S/C41H46N4O11/c1-19-36(51-5)23-16-27-33-32-24(37(52-6)20(2)39(54-8)35(32)47)15-26(44(33)3)28(17-42)45(27)29(31(23)34(46)38(19)53-7)18-43-40(48)25-13-21-9-10-22(55-12-11-50-4)14-30(21)56-41(25)49/h9-10,13-14,26-29,33,46-47H,11-12,15-16,18H2,1-8H3,(H,43,48)/t26-,27-,28-,29-,33-/m0/s1. The normalized spacial score (nSPS) is 21.3. The van der Waals surface area contributed by atoms with Crippen LogP contribution in [0, 0.1) is 25.2 Å². The first-order valence-electron chi connectivity index (χ1n) is 18.2. The van der Waals surface area contributed by atoms with E-state index in [0.717, 1.165) is 5.56 Å². The summed E-state index contributed by atoms with van der Waals surface area (Å²) in [5.41, 5.74) is 2.92. The van der Waals surface area contributed by atoms with Crippen LogP contribution in [0.15, 0.2) is 33.5 Å². The van der Waals surface area contributed by atoms with E-state index in [1.165, 1.54) is 27.4 Å². The number of carbonyl (C=O) groups is 1. The number of nitrogens with one attached hydrogen (secondary N) is 1. The van der Waals surface area contributed by atoms with Crippen molar-refractivity contribution in [1.82, 2.24) is 15.1 Å². The largest absolute Gasteiger partial charge is 0.504 e. The van der Waals surface area contributed by atoms with Crippen LogP contribution < -0.4 is 34.6 Å². The minimum Gasteiger partial charge on any atom is -0.504 e. The smallest absolute Gasteiger partial charge is 0.349 e. The number of nitriles is 1. The van der Waals surface area contributed by atoms with Gasteiger partial charge >= 0.3 is 5.63 Å². The Morgan fingerprint density at radius 1 is 0.893 bits per heavy atom. The van der Waals surface area contributed by atoms with Gasteiger partial charge in [0.25, 0.3) is 5.91 Å². The van der Waals surface area contributed by atoms with E-state index in [0.29, 0.717) is 82.3 Å². The van der Waals surface area contributed by atoms with Gasteiger partial charge in [-0.2, -0.15) is 5.26 Å². The Balaban J connectivity index is 1.35. The first-order valence-corrected chi connectivity index (χ1v) is 18.2. The molecule has 4 heterocycles. The molecule has 1 fully saturated rings. The van der Waals surface area contributed by atoms with Crippen molar-refractivity contribution in [2.24, 2.45) is 0 Å². The van der Waals surface area contributed by atoms with E-state index in [9.17, 15) is 25.1 Å². The number of hydrogen-bond acceptors (Lipinski definition) is 14. The molecule has 0 saturated carbocycles. The Morgan fingerprint density at radius 3 is 2.11 bits per heavy atom. The summed E-state index contributed by atoms with van der Waals surface area (Å²) in [6.45, 7) is 4.17. The Morgan fingerprint density at radius 2 is 1.50 bits per heavy atom. The number of phenols is 2. The highest BCUT2D eigenvalue weighted by atomic mass is 16.5. The Bertz CT molecular complexity index is 2320. The van der Waals surface area contributed by atoms with Gasteiger partial charge in [0, 0.05) is 70.6 Å². The summed E-state index contributed by atoms with van der Waals surface area (Å²) in [6.07, 6.45) is 0.658. The van der Waals surface area contributed by atoms with Gasteiger partial charge in [-0.1, -0.05) is 0 Å². The number of phenolic OH excluding ortho intramolecular Hbond substituents is 2. The summed E-state index contributed by atoms with van der Waals surface area (Å²) in [7, 11) is 9.56. The molecule has 7 rings (SSSR count). The predicted octanol–water partition coefficient (Wildman–Crippen LogP) is 4.08. The Labute approximate surface area is 323 Å². The summed E-state index contributed by atoms with van der Waals surface area (Å²) in [5.74, 6) is 1.19. The summed E-state index contributed by atoms with van der Waals surface area (Å²) in [5, 5.41) is 38.3. The molecule has 15 nitrogen and oxygen atoms in total. The second-order valence-corrected chi connectivity index (χ2v) is 14.3. The summed E-state index contributed by atoms with van der Waals surface area (Å²) < 4.78 is 39.5. The fraction of sp³-hybridized carbons (Fsp3) is 0.439. The van der Waals surface area contributed by atoms with Crippen molar-refractivity contribution in [2.45, 2.75) is 56.9 Å². The zero-order valence-corrected chi connectivity index (χ0v) is 32.6. The summed E-state index contributed by atoms with van der Waals surface area (Å²) in [4.78, 5) is 31.3. The molecule has 3 aromatic carbocycles. The van der Waals surface area contributed by atoms with E-state index < -0.39 is 35.7 Å². The van der Waals surface area contributed by atoms with Gasteiger partial charge in [-0.3, -0.25) is 14.6 Å². The monoisotopic (exact) mass is 770 g/mol. The van der Waals surface area contributed by atoms with Gasteiger partial charge < -0.3 is 48.4 Å². The number of rotatable bonds is 11. The van der Waals surface area contributed by atoms with Gasteiger partial charge in [0.1, 0.15) is 41.0 Å². The molecule has 5 atom stereocenters. The van der Waals surface area contributed by atoms with Crippen molar-refractivity contribution in [3.8, 4) is 46.3 Å². The molecule has 0 spiro atoms. The van der Waals surface area contributed by atoms with Crippen LogP contribution >= 0.6 is 0 Å². The third kappa shape index (κ3) is 5.91. The molecule has 1 saturated heterocycles. The fourth-order valence-corrected chi connectivity index (χ4v) is 9.28. The number of likely N-dealkylation sites (N-methyl/N-ethyl adjacent to an activating group) is 1. The third-order valence-electron chi connectivity index (χ3n) is 11.6. The molecule has 2 bridgehead atoms. The highest BCUT2D eigenvalue weighted by molar-refractivity contribution is 5.96. The van der Waals surface area contributed by atoms with E-state index in [2.05, 4.69) is 16.3 Å². The first-order chi connectivity index (χ1) is 26.9. The van der Waals surface area contributed by atoms with E-state index >= 15 is 0 Å². The molecule has 0 radical (unpaired) electrons. The minimum absolute atomic E-state index is 0.0143. The Kier molecular flexibility index (Phi) is 10.4. The maximum atomic E-state index is 14.0. The lowest BCUT2D eigenvalue weighted by Gasteiger charge is -2.60. The molecule has 15 heteroatoms. The lowest BCUT2D eigenvalue weighted by atomic mass is 9.71. The zero-order chi connectivity index (χ0) is 40.2. The van der Waals surface area contributed by atoms with E-state index in [1.807, 2.05) is 18.9 Å². The number of benzene rings is 3. The number of nitrogens with zero attached hydrogens (tertiary/aromatic N) is 3. The van der Waals surface area contributed by atoms with Gasteiger partial charge in [-0.05, 0) is 51.9 Å². The molecule has 1 amide bonds. The number of methoxy groups -OCH3 is 5. The fourth-order valence-electron chi connectivity index (χ4n) is 9.28.